The highest BCUT2D eigenvalue weighted by Gasteiger charge is 2.33. The normalized spacial score (nSPS) is 14.6. The zero-order chi connectivity index (χ0) is 29.3. The molecule has 3 N–H and O–H groups in total. The van der Waals surface area contributed by atoms with E-state index in [0.717, 1.165) is 5.56 Å². The summed E-state index contributed by atoms with van der Waals surface area (Å²) in [7, 11) is 1.50. The Bertz CT molecular complexity index is 1080. The molecule has 0 spiro atoms. The molecule has 0 unspecified atom stereocenters. The number of amides is 2. The molecule has 2 amide bonds. The standard InChI is InChI=1S/C32H42N2O6/c1-5-13-26(20-29(36)33-23(3)21-35)31(37)34-28(22-39-4)30(25-17-11-8-12-18-25)40-32(38)27(14-6-2)19-24-15-9-7-10-16-24/h5-12,15-18,23,26-28,30,35H,1-2,13-14,19-22H2,3-4H3,(H,33,36)(H,34,37)/t23-,26+,27+,28-,30-/m0/s1. The van der Waals surface area contributed by atoms with Crippen molar-refractivity contribution in [2.24, 2.45) is 11.8 Å². The SMILES string of the molecule is C=CC[C@H](CC(=O)N[C@@H](C)CO)C(=O)N[C@@H](COC)[C@@H](OC(=O)[C@H](CC=C)Cc1ccccc1)c1ccccc1. The van der Waals surface area contributed by atoms with Crippen LogP contribution in [-0.2, 0) is 30.3 Å². The lowest BCUT2D eigenvalue weighted by Crippen LogP contribution is -2.47. The Labute approximate surface area is 237 Å². The molecule has 216 valence electrons. The van der Waals surface area contributed by atoms with Crippen molar-refractivity contribution in [3.05, 3.63) is 97.1 Å². The van der Waals surface area contributed by atoms with Crippen LogP contribution in [0.1, 0.15) is 43.4 Å². The molecule has 5 atom stereocenters. The number of nitrogens with one attached hydrogen (secondary N) is 2. The van der Waals surface area contributed by atoms with Gasteiger partial charge in [-0.2, -0.15) is 0 Å². The summed E-state index contributed by atoms with van der Waals surface area (Å²) < 4.78 is 11.5. The first-order valence-electron chi connectivity index (χ1n) is 13.5. The van der Waals surface area contributed by atoms with Gasteiger partial charge in [-0.25, -0.2) is 0 Å². The number of hydrogen-bond donors (Lipinski definition) is 3. The third kappa shape index (κ3) is 10.8. The monoisotopic (exact) mass is 550 g/mol. The van der Waals surface area contributed by atoms with E-state index in [1.807, 2.05) is 60.7 Å². The van der Waals surface area contributed by atoms with Crippen molar-refractivity contribution in [3.63, 3.8) is 0 Å². The lowest BCUT2D eigenvalue weighted by Gasteiger charge is -2.30. The van der Waals surface area contributed by atoms with Gasteiger partial charge in [-0.1, -0.05) is 72.8 Å². The Morgan fingerprint density at radius 2 is 1.52 bits per heavy atom. The average Bonchev–Trinajstić information content (AvgIpc) is 2.96. The van der Waals surface area contributed by atoms with Crippen LogP contribution in [0.15, 0.2) is 86.0 Å². The van der Waals surface area contributed by atoms with Crippen LogP contribution in [0.3, 0.4) is 0 Å². The molecular formula is C32H42N2O6. The molecule has 0 aliphatic carbocycles. The van der Waals surface area contributed by atoms with Gasteiger partial charge in [0.15, 0.2) is 0 Å². The first-order chi connectivity index (χ1) is 19.3. The molecule has 0 fully saturated rings. The van der Waals surface area contributed by atoms with Crippen LogP contribution >= 0.6 is 0 Å². The average molecular weight is 551 g/mol. The number of ether oxygens (including phenoxy) is 2. The van der Waals surface area contributed by atoms with E-state index in [1.165, 1.54) is 7.11 Å². The highest BCUT2D eigenvalue weighted by Crippen LogP contribution is 2.26. The largest absolute Gasteiger partial charge is 0.455 e. The van der Waals surface area contributed by atoms with Crippen molar-refractivity contribution in [1.82, 2.24) is 10.6 Å². The highest BCUT2D eigenvalue weighted by molar-refractivity contribution is 5.86. The maximum absolute atomic E-state index is 13.5. The van der Waals surface area contributed by atoms with E-state index in [1.54, 1.807) is 19.1 Å². The van der Waals surface area contributed by atoms with Gasteiger partial charge in [0.25, 0.3) is 0 Å². The summed E-state index contributed by atoms with van der Waals surface area (Å²) in [6, 6.07) is 17.7. The van der Waals surface area contributed by atoms with Gasteiger partial charge in [-0.05, 0) is 37.3 Å². The second-order valence-electron chi connectivity index (χ2n) is 9.83. The van der Waals surface area contributed by atoms with Gasteiger partial charge < -0.3 is 25.2 Å². The van der Waals surface area contributed by atoms with Crippen LogP contribution in [0.25, 0.3) is 0 Å². The molecule has 0 saturated heterocycles. The van der Waals surface area contributed by atoms with Gasteiger partial charge in [0.1, 0.15) is 6.10 Å². The molecule has 2 aromatic rings. The van der Waals surface area contributed by atoms with Crippen LogP contribution in [0.5, 0.6) is 0 Å². The van der Waals surface area contributed by atoms with Crippen molar-refractivity contribution in [3.8, 4) is 0 Å². The Kier molecular flexibility index (Phi) is 14.4. The van der Waals surface area contributed by atoms with E-state index < -0.39 is 41.9 Å². The summed E-state index contributed by atoms with van der Waals surface area (Å²) in [6.45, 7) is 9.06. The van der Waals surface area contributed by atoms with Crippen LogP contribution in [0.4, 0.5) is 0 Å². The fourth-order valence-corrected chi connectivity index (χ4v) is 4.38. The van der Waals surface area contributed by atoms with E-state index in [4.69, 9.17) is 9.47 Å². The number of carbonyl (C=O) groups is 3. The van der Waals surface area contributed by atoms with Crippen LogP contribution < -0.4 is 10.6 Å². The molecule has 40 heavy (non-hydrogen) atoms. The third-order valence-corrected chi connectivity index (χ3v) is 6.46. The molecule has 2 aromatic carbocycles. The maximum Gasteiger partial charge on any atom is 0.310 e. The second-order valence-corrected chi connectivity index (χ2v) is 9.83. The van der Waals surface area contributed by atoms with E-state index >= 15 is 0 Å². The summed E-state index contributed by atoms with van der Waals surface area (Å²) in [4.78, 5) is 39.4. The van der Waals surface area contributed by atoms with Gasteiger partial charge in [0, 0.05) is 19.6 Å². The van der Waals surface area contributed by atoms with Crippen LogP contribution in [0, 0.1) is 11.8 Å². The predicted molar refractivity (Wildman–Crippen MR) is 155 cm³/mol. The minimum absolute atomic E-state index is 0.0674. The Balaban J connectivity index is 2.29. The summed E-state index contributed by atoms with van der Waals surface area (Å²) in [5.74, 6) is -2.33. The lowest BCUT2D eigenvalue weighted by molar-refractivity contribution is -0.158. The number of benzene rings is 2. The molecule has 2 rings (SSSR count). The Morgan fingerprint density at radius 1 is 0.925 bits per heavy atom. The zero-order valence-electron chi connectivity index (χ0n) is 23.5. The van der Waals surface area contributed by atoms with Crippen molar-refractivity contribution < 1.29 is 29.0 Å². The number of hydrogen-bond acceptors (Lipinski definition) is 6. The number of aliphatic hydroxyl groups is 1. The van der Waals surface area contributed by atoms with E-state index in [2.05, 4.69) is 23.8 Å². The number of allylic oxidation sites excluding steroid dienone is 2. The number of methoxy groups -OCH3 is 1. The van der Waals surface area contributed by atoms with Crippen molar-refractivity contribution in [2.75, 3.05) is 20.3 Å². The molecule has 8 nitrogen and oxygen atoms in total. The first kappa shape index (κ1) is 32.5. The Morgan fingerprint density at radius 3 is 2.10 bits per heavy atom. The molecule has 0 radical (unpaired) electrons. The van der Waals surface area contributed by atoms with Crippen molar-refractivity contribution >= 4 is 17.8 Å². The molecule has 0 heterocycles. The fraction of sp³-hybridized carbons (Fsp3) is 0.406. The van der Waals surface area contributed by atoms with Crippen LogP contribution in [0.2, 0.25) is 0 Å². The number of carbonyl (C=O) groups excluding carboxylic acids is 3. The molecule has 0 saturated carbocycles. The van der Waals surface area contributed by atoms with Gasteiger partial charge in [-0.3, -0.25) is 14.4 Å². The predicted octanol–water partition coefficient (Wildman–Crippen LogP) is 3.92. The van der Waals surface area contributed by atoms with Crippen molar-refractivity contribution in [2.45, 2.75) is 50.8 Å². The third-order valence-electron chi connectivity index (χ3n) is 6.46. The summed E-state index contributed by atoms with van der Waals surface area (Å²) in [5, 5.41) is 14.9. The number of aliphatic hydroxyl groups excluding tert-OH is 1. The number of rotatable bonds is 18. The van der Waals surface area contributed by atoms with Gasteiger partial charge >= 0.3 is 5.97 Å². The van der Waals surface area contributed by atoms with E-state index in [0.29, 0.717) is 18.4 Å². The summed E-state index contributed by atoms with van der Waals surface area (Å²) >= 11 is 0. The van der Waals surface area contributed by atoms with Gasteiger partial charge in [0.05, 0.1) is 31.1 Å². The number of esters is 1. The van der Waals surface area contributed by atoms with Gasteiger partial charge in [0.2, 0.25) is 11.8 Å². The Hall–Kier alpha value is -3.75. The lowest BCUT2D eigenvalue weighted by atomic mass is 9.95. The quantitative estimate of drug-likeness (QED) is 0.192. The van der Waals surface area contributed by atoms with E-state index in [9.17, 15) is 19.5 Å². The molecule has 0 bridgehead atoms. The highest BCUT2D eigenvalue weighted by atomic mass is 16.5. The fourth-order valence-electron chi connectivity index (χ4n) is 4.38. The minimum atomic E-state index is -0.840. The van der Waals surface area contributed by atoms with Crippen molar-refractivity contribution in [1.29, 1.82) is 0 Å². The topological polar surface area (TPSA) is 114 Å². The summed E-state index contributed by atoms with van der Waals surface area (Å²) in [6.07, 6.45) is 3.53. The molecule has 8 heteroatoms. The maximum atomic E-state index is 13.5. The molecule has 0 aliphatic rings. The zero-order valence-corrected chi connectivity index (χ0v) is 23.5. The smallest absolute Gasteiger partial charge is 0.310 e. The van der Waals surface area contributed by atoms with Crippen LogP contribution in [-0.4, -0.2) is 55.3 Å². The summed E-state index contributed by atoms with van der Waals surface area (Å²) in [5.41, 5.74) is 1.70. The van der Waals surface area contributed by atoms with Gasteiger partial charge in [-0.15, -0.1) is 13.2 Å². The second kappa shape index (κ2) is 17.8. The minimum Gasteiger partial charge on any atom is -0.455 e. The molecule has 0 aromatic heterocycles. The van der Waals surface area contributed by atoms with E-state index in [-0.39, 0.29) is 32.0 Å². The first-order valence-corrected chi connectivity index (χ1v) is 13.5. The molecule has 0 aliphatic heterocycles. The molecular weight excluding hydrogens is 508 g/mol.